The van der Waals surface area contributed by atoms with Crippen LogP contribution in [0.15, 0.2) is 59.5 Å². The van der Waals surface area contributed by atoms with Crippen LogP contribution in [0.1, 0.15) is 42.9 Å². The van der Waals surface area contributed by atoms with Crippen LogP contribution < -0.4 is 16.4 Å². The summed E-state index contributed by atoms with van der Waals surface area (Å²) < 4.78 is 0. The number of carbonyl (C=O) groups excluding carboxylic acids is 1. The van der Waals surface area contributed by atoms with Gasteiger partial charge in [0.1, 0.15) is 0 Å². The van der Waals surface area contributed by atoms with Crippen LogP contribution in [-0.2, 0) is 6.42 Å². The third kappa shape index (κ3) is 3.99. The summed E-state index contributed by atoms with van der Waals surface area (Å²) >= 11 is 0. The normalized spacial score (nSPS) is 20.0. The maximum atomic E-state index is 12.4. The van der Waals surface area contributed by atoms with Gasteiger partial charge in [0.15, 0.2) is 0 Å². The third-order valence-electron chi connectivity index (χ3n) is 4.72. The van der Waals surface area contributed by atoms with Gasteiger partial charge in [-0.25, -0.2) is 4.79 Å². The van der Waals surface area contributed by atoms with Crippen molar-refractivity contribution in [3.63, 3.8) is 0 Å². The van der Waals surface area contributed by atoms with E-state index < -0.39 is 0 Å². The first-order valence-electron chi connectivity index (χ1n) is 8.70. The molecule has 0 radical (unpaired) electrons. The standard InChI is InChI=1S/C20H24N4O/c21-13-18(19(22)15-8-2-1-3-9-15)24-20(25)23-17-12-6-10-14-7-4-5-11-16(14)17/h1-2,4-5,7-8,11,13,17,21H,3,6,9-10,12,22H2,(H2,23,24,25)/b19-18+,21-13?. The zero-order valence-electron chi connectivity index (χ0n) is 14.2. The molecule has 130 valence electrons. The Morgan fingerprint density at radius 3 is 2.88 bits per heavy atom. The molecular formula is C20H24N4O. The number of nitrogens with one attached hydrogen (secondary N) is 3. The zero-order chi connectivity index (χ0) is 17.6. The van der Waals surface area contributed by atoms with E-state index in [1.165, 1.54) is 11.1 Å². The van der Waals surface area contributed by atoms with Gasteiger partial charge in [-0.05, 0) is 48.8 Å². The second-order valence-corrected chi connectivity index (χ2v) is 6.37. The maximum absolute atomic E-state index is 12.4. The summed E-state index contributed by atoms with van der Waals surface area (Å²) in [5.41, 5.74) is 10.4. The van der Waals surface area contributed by atoms with Crippen LogP contribution in [-0.4, -0.2) is 12.2 Å². The third-order valence-corrected chi connectivity index (χ3v) is 4.72. The van der Waals surface area contributed by atoms with Crippen molar-refractivity contribution in [3.8, 4) is 0 Å². The molecule has 0 saturated carbocycles. The number of rotatable bonds is 4. The zero-order valence-corrected chi connectivity index (χ0v) is 14.2. The fourth-order valence-electron chi connectivity index (χ4n) is 3.40. The SMILES string of the molecule is N=C/C(NC(=O)NC1CCCc2ccccc21)=C(\N)C1=CC=CCC1. The highest BCUT2D eigenvalue weighted by atomic mass is 16.2. The monoisotopic (exact) mass is 336 g/mol. The van der Waals surface area contributed by atoms with Crippen molar-refractivity contribution >= 4 is 12.2 Å². The van der Waals surface area contributed by atoms with Crippen molar-refractivity contribution in [2.45, 2.75) is 38.1 Å². The van der Waals surface area contributed by atoms with Gasteiger partial charge in [-0.3, -0.25) is 0 Å². The Bertz CT molecular complexity index is 761. The Balaban J connectivity index is 1.71. The van der Waals surface area contributed by atoms with Crippen LogP contribution >= 0.6 is 0 Å². The summed E-state index contributed by atoms with van der Waals surface area (Å²) in [6.45, 7) is 0. The minimum atomic E-state index is -0.324. The summed E-state index contributed by atoms with van der Waals surface area (Å²) in [6, 6.07) is 7.89. The minimum Gasteiger partial charge on any atom is -0.397 e. The number of hydrogen-bond acceptors (Lipinski definition) is 3. The molecule has 0 heterocycles. The number of allylic oxidation sites excluding steroid dienone is 5. The topological polar surface area (TPSA) is 91.0 Å². The molecule has 0 aromatic heterocycles. The molecule has 5 heteroatoms. The molecule has 1 aromatic carbocycles. The molecule has 0 aliphatic heterocycles. The molecule has 0 bridgehead atoms. The average molecular weight is 336 g/mol. The van der Waals surface area contributed by atoms with Crippen LogP contribution in [0.4, 0.5) is 4.79 Å². The Morgan fingerprint density at radius 2 is 2.12 bits per heavy atom. The van der Waals surface area contributed by atoms with Crippen LogP contribution in [0.3, 0.4) is 0 Å². The highest BCUT2D eigenvalue weighted by Gasteiger charge is 2.21. The van der Waals surface area contributed by atoms with E-state index in [0.717, 1.165) is 43.9 Å². The number of urea groups is 1. The van der Waals surface area contributed by atoms with E-state index in [4.69, 9.17) is 11.1 Å². The van der Waals surface area contributed by atoms with Crippen molar-refractivity contribution in [2.24, 2.45) is 5.73 Å². The molecular weight excluding hydrogens is 312 g/mol. The highest BCUT2D eigenvalue weighted by molar-refractivity contribution is 5.87. The van der Waals surface area contributed by atoms with Gasteiger partial charge in [0.05, 0.1) is 17.4 Å². The first-order valence-corrected chi connectivity index (χ1v) is 8.70. The predicted octanol–water partition coefficient (Wildman–Crippen LogP) is 3.46. The molecule has 5 N–H and O–H groups in total. The smallest absolute Gasteiger partial charge is 0.319 e. The van der Waals surface area contributed by atoms with Gasteiger partial charge in [0.2, 0.25) is 0 Å². The number of carbonyl (C=O) groups is 1. The van der Waals surface area contributed by atoms with Gasteiger partial charge in [-0.2, -0.15) is 0 Å². The Morgan fingerprint density at radius 1 is 1.28 bits per heavy atom. The maximum Gasteiger partial charge on any atom is 0.319 e. The van der Waals surface area contributed by atoms with Gasteiger partial charge >= 0.3 is 6.03 Å². The summed E-state index contributed by atoms with van der Waals surface area (Å²) in [7, 11) is 0. The second-order valence-electron chi connectivity index (χ2n) is 6.37. The lowest BCUT2D eigenvalue weighted by Crippen LogP contribution is -2.39. The first kappa shape index (κ1) is 17.0. The number of amides is 2. The van der Waals surface area contributed by atoms with Gasteiger partial charge in [0, 0.05) is 6.21 Å². The molecule has 2 aliphatic rings. The van der Waals surface area contributed by atoms with E-state index in [9.17, 15) is 4.79 Å². The Kier molecular flexibility index (Phi) is 5.33. The van der Waals surface area contributed by atoms with Crippen LogP contribution in [0.25, 0.3) is 0 Å². The molecule has 0 saturated heterocycles. The van der Waals surface area contributed by atoms with Gasteiger partial charge < -0.3 is 21.8 Å². The first-order chi connectivity index (χ1) is 12.2. The molecule has 0 spiro atoms. The van der Waals surface area contributed by atoms with Crippen molar-refractivity contribution in [3.05, 3.63) is 70.6 Å². The number of benzene rings is 1. The summed E-state index contributed by atoms with van der Waals surface area (Å²) in [6.07, 6.45) is 11.8. The van der Waals surface area contributed by atoms with Crippen molar-refractivity contribution in [1.29, 1.82) is 5.41 Å². The molecule has 2 aliphatic carbocycles. The van der Waals surface area contributed by atoms with Crippen molar-refractivity contribution in [1.82, 2.24) is 10.6 Å². The molecule has 25 heavy (non-hydrogen) atoms. The largest absolute Gasteiger partial charge is 0.397 e. The lowest BCUT2D eigenvalue weighted by Gasteiger charge is -2.26. The highest BCUT2D eigenvalue weighted by Crippen LogP contribution is 2.29. The van der Waals surface area contributed by atoms with Gasteiger partial charge in [-0.1, -0.05) is 42.5 Å². The summed E-state index contributed by atoms with van der Waals surface area (Å²) in [5, 5.41) is 13.3. The minimum absolute atomic E-state index is 0.00464. The number of aryl methyl sites for hydroxylation is 1. The van der Waals surface area contributed by atoms with Crippen LogP contribution in [0.5, 0.6) is 0 Å². The summed E-state index contributed by atoms with van der Waals surface area (Å²) in [4.78, 5) is 12.4. The summed E-state index contributed by atoms with van der Waals surface area (Å²) in [5.74, 6) is 0. The van der Waals surface area contributed by atoms with Crippen LogP contribution in [0.2, 0.25) is 0 Å². The number of fused-ring (bicyclic) bond motifs is 1. The van der Waals surface area contributed by atoms with E-state index in [1.807, 2.05) is 24.3 Å². The predicted molar refractivity (Wildman–Crippen MR) is 100 cm³/mol. The van der Waals surface area contributed by atoms with Gasteiger partial charge in [-0.15, -0.1) is 0 Å². The molecule has 1 atom stereocenters. The number of hydrogen-bond donors (Lipinski definition) is 4. The molecule has 0 fully saturated rings. The van der Waals surface area contributed by atoms with E-state index in [-0.39, 0.29) is 12.1 Å². The molecule has 2 amide bonds. The van der Waals surface area contributed by atoms with Crippen molar-refractivity contribution < 1.29 is 4.79 Å². The molecule has 1 unspecified atom stereocenters. The van der Waals surface area contributed by atoms with Gasteiger partial charge in [0.25, 0.3) is 0 Å². The van der Waals surface area contributed by atoms with E-state index >= 15 is 0 Å². The quantitative estimate of drug-likeness (QED) is 0.634. The fourth-order valence-corrected chi connectivity index (χ4v) is 3.40. The molecule has 3 rings (SSSR count). The van der Waals surface area contributed by atoms with E-state index in [1.54, 1.807) is 0 Å². The fraction of sp³-hybridized carbons (Fsp3) is 0.300. The van der Waals surface area contributed by atoms with Crippen molar-refractivity contribution in [2.75, 3.05) is 0 Å². The van der Waals surface area contributed by atoms with E-state index in [0.29, 0.717) is 11.4 Å². The number of nitrogens with two attached hydrogens (primary N) is 1. The Labute approximate surface area is 148 Å². The lowest BCUT2D eigenvalue weighted by molar-refractivity contribution is 0.238. The Hall–Kier alpha value is -2.82. The lowest BCUT2D eigenvalue weighted by atomic mass is 9.88. The molecule has 1 aromatic rings. The average Bonchev–Trinajstić information content (AvgIpc) is 2.66. The second kappa shape index (κ2) is 7.83. The molecule has 5 nitrogen and oxygen atoms in total. The van der Waals surface area contributed by atoms with E-state index in [2.05, 4.69) is 28.8 Å². The van der Waals surface area contributed by atoms with Crippen LogP contribution in [0, 0.1) is 5.41 Å².